The molecular formula is C16H24N2O3. The Bertz CT molecular complexity index is 531. The summed E-state index contributed by atoms with van der Waals surface area (Å²) in [5, 5.41) is 2.71. The zero-order valence-corrected chi connectivity index (χ0v) is 13.2. The van der Waals surface area contributed by atoms with E-state index in [1.54, 1.807) is 7.11 Å². The van der Waals surface area contributed by atoms with Crippen LogP contribution in [0.25, 0.3) is 0 Å². The number of amides is 1. The molecule has 2 rings (SSSR count). The van der Waals surface area contributed by atoms with E-state index in [4.69, 9.17) is 15.2 Å². The summed E-state index contributed by atoms with van der Waals surface area (Å²) in [6, 6.07) is 5.70. The minimum absolute atomic E-state index is 0.0505. The van der Waals surface area contributed by atoms with Crippen molar-refractivity contribution in [1.29, 1.82) is 0 Å². The predicted molar refractivity (Wildman–Crippen MR) is 82.7 cm³/mol. The maximum atomic E-state index is 11.8. The molecule has 1 fully saturated rings. The van der Waals surface area contributed by atoms with Crippen molar-refractivity contribution in [3.63, 3.8) is 0 Å². The number of ether oxygens (including phenoxy) is 2. The number of benzene rings is 1. The molecule has 5 heteroatoms. The molecule has 0 aromatic heterocycles. The molecule has 1 aliphatic carbocycles. The molecule has 0 aliphatic heterocycles. The predicted octanol–water partition coefficient (Wildman–Crippen LogP) is 3.08. The van der Waals surface area contributed by atoms with E-state index < -0.39 is 11.7 Å². The third-order valence-electron chi connectivity index (χ3n) is 3.35. The Hall–Kier alpha value is -1.75. The second-order valence-corrected chi connectivity index (χ2v) is 6.70. The van der Waals surface area contributed by atoms with E-state index in [2.05, 4.69) is 5.32 Å². The van der Waals surface area contributed by atoms with Gasteiger partial charge in [-0.3, -0.25) is 5.32 Å². The molecular weight excluding hydrogens is 268 g/mol. The van der Waals surface area contributed by atoms with Gasteiger partial charge in [0.05, 0.1) is 12.8 Å². The van der Waals surface area contributed by atoms with Gasteiger partial charge in [0, 0.05) is 5.54 Å². The van der Waals surface area contributed by atoms with E-state index >= 15 is 0 Å². The quantitative estimate of drug-likeness (QED) is 0.894. The molecule has 1 amide bonds. The number of methoxy groups -OCH3 is 1. The van der Waals surface area contributed by atoms with Crippen LogP contribution in [-0.2, 0) is 11.2 Å². The van der Waals surface area contributed by atoms with Crippen molar-refractivity contribution in [1.82, 2.24) is 0 Å². The molecule has 116 valence electrons. The number of anilines is 1. The zero-order chi connectivity index (χ0) is 15.7. The van der Waals surface area contributed by atoms with Gasteiger partial charge in [-0.05, 0) is 57.7 Å². The van der Waals surface area contributed by atoms with Gasteiger partial charge in [-0.2, -0.15) is 0 Å². The Morgan fingerprint density at radius 2 is 2.05 bits per heavy atom. The normalized spacial score (nSPS) is 16.2. The van der Waals surface area contributed by atoms with Crippen molar-refractivity contribution < 1.29 is 14.3 Å². The number of nitrogens with two attached hydrogens (primary N) is 1. The Balaban J connectivity index is 2.07. The number of hydrogen-bond donors (Lipinski definition) is 2. The fourth-order valence-electron chi connectivity index (χ4n) is 2.11. The van der Waals surface area contributed by atoms with Gasteiger partial charge >= 0.3 is 6.09 Å². The Morgan fingerprint density at radius 3 is 2.57 bits per heavy atom. The number of carbonyl (C=O) groups excluding carboxylic acids is 1. The highest BCUT2D eigenvalue weighted by Gasteiger charge is 2.38. The third-order valence-corrected chi connectivity index (χ3v) is 3.35. The summed E-state index contributed by atoms with van der Waals surface area (Å²) in [7, 11) is 1.58. The fourth-order valence-corrected chi connectivity index (χ4v) is 2.11. The number of carbonyl (C=O) groups is 1. The highest BCUT2D eigenvalue weighted by Crippen LogP contribution is 2.37. The lowest BCUT2D eigenvalue weighted by atomic mass is 10.0. The van der Waals surface area contributed by atoms with Crippen molar-refractivity contribution in [2.75, 3.05) is 12.4 Å². The van der Waals surface area contributed by atoms with E-state index in [9.17, 15) is 4.79 Å². The smallest absolute Gasteiger partial charge is 0.412 e. The topological polar surface area (TPSA) is 73.6 Å². The minimum Gasteiger partial charge on any atom is -0.495 e. The SMILES string of the molecule is COc1cc(CC2(N)CC2)ccc1NC(=O)OC(C)(C)C. The van der Waals surface area contributed by atoms with E-state index in [0.717, 1.165) is 24.8 Å². The van der Waals surface area contributed by atoms with Gasteiger partial charge < -0.3 is 15.2 Å². The van der Waals surface area contributed by atoms with Crippen molar-refractivity contribution in [2.45, 2.75) is 51.2 Å². The molecule has 0 bridgehead atoms. The van der Waals surface area contributed by atoms with Crippen LogP contribution in [0.2, 0.25) is 0 Å². The lowest BCUT2D eigenvalue weighted by Gasteiger charge is -2.20. The Labute approximate surface area is 125 Å². The van der Waals surface area contributed by atoms with Crippen LogP contribution in [-0.4, -0.2) is 24.3 Å². The molecule has 0 unspecified atom stereocenters. The summed E-state index contributed by atoms with van der Waals surface area (Å²) in [6.45, 7) is 5.47. The molecule has 21 heavy (non-hydrogen) atoms. The average molecular weight is 292 g/mol. The van der Waals surface area contributed by atoms with Crippen molar-refractivity contribution in [3.8, 4) is 5.75 Å². The van der Waals surface area contributed by atoms with Gasteiger partial charge in [-0.1, -0.05) is 6.07 Å². The molecule has 1 saturated carbocycles. The zero-order valence-electron chi connectivity index (χ0n) is 13.2. The van der Waals surface area contributed by atoms with Gasteiger partial charge in [0.2, 0.25) is 0 Å². The first-order chi connectivity index (χ1) is 9.71. The molecule has 0 heterocycles. The molecule has 5 nitrogen and oxygen atoms in total. The van der Waals surface area contributed by atoms with Crippen molar-refractivity contribution >= 4 is 11.8 Å². The second kappa shape index (κ2) is 5.56. The van der Waals surface area contributed by atoms with Crippen LogP contribution < -0.4 is 15.8 Å². The Kier molecular flexibility index (Phi) is 4.14. The largest absolute Gasteiger partial charge is 0.495 e. The summed E-state index contributed by atoms with van der Waals surface area (Å²) >= 11 is 0. The van der Waals surface area contributed by atoms with Crippen LogP contribution in [0.3, 0.4) is 0 Å². The van der Waals surface area contributed by atoms with E-state index in [-0.39, 0.29) is 5.54 Å². The van der Waals surface area contributed by atoms with Crippen LogP contribution in [0.15, 0.2) is 18.2 Å². The van der Waals surface area contributed by atoms with Crippen LogP contribution in [0.5, 0.6) is 5.75 Å². The molecule has 0 radical (unpaired) electrons. The summed E-state index contributed by atoms with van der Waals surface area (Å²) < 4.78 is 10.6. The van der Waals surface area contributed by atoms with Gasteiger partial charge in [-0.15, -0.1) is 0 Å². The van der Waals surface area contributed by atoms with Gasteiger partial charge in [-0.25, -0.2) is 4.79 Å². The first-order valence-electron chi connectivity index (χ1n) is 7.17. The molecule has 0 saturated heterocycles. The van der Waals surface area contributed by atoms with Crippen molar-refractivity contribution in [3.05, 3.63) is 23.8 Å². The monoisotopic (exact) mass is 292 g/mol. The summed E-state index contributed by atoms with van der Waals surface area (Å²) in [4.78, 5) is 11.8. The first kappa shape index (κ1) is 15.6. The van der Waals surface area contributed by atoms with Crippen LogP contribution in [0.1, 0.15) is 39.2 Å². The minimum atomic E-state index is -0.533. The van der Waals surface area contributed by atoms with Crippen LogP contribution in [0, 0.1) is 0 Å². The number of rotatable bonds is 4. The van der Waals surface area contributed by atoms with Gasteiger partial charge in [0.25, 0.3) is 0 Å². The molecule has 1 aromatic rings. The number of nitrogens with one attached hydrogen (secondary N) is 1. The number of hydrogen-bond acceptors (Lipinski definition) is 4. The molecule has 3 N–H and O–H groups in total. The summed E-state index contributed by atoms with van der Waals surface area (Å²) in [5.74, 6) is 0.614. The third kappa shape index (κ3) is 4.63. The molecule has 1 aromatic carbocycles. The van der Waals surface area contributed by atoms with Gasteiger partial charge in [0.15, 0.2) is 0 Å². The summed E-state index contributed by atoms with van der Waals surface area (Å²) in [6.07, 6.45) is 2.46. The van der Waals surface area contributed by atoms with E-state index in [0.29, 0.717) is 11.4 Å². The second-order valence-electron chi connectivity index (χ2n) is 6.70. The highest BCUT2D eigenvalue weighted by atomic mass is 16.6. The first-order valence-corrected chi connectivity index (χ1v) is 7.17. The molecule has 1 aliphatic rings. The average Bonchev–Trinajstić information content (AvgIpc) is 3.06. The molecule has 0 spiro atoms. The van der Waals surface area contributed by atoms with E-state index in [1.807, 2.05) is 39.0 Å². The van der Waals surface area contributed by atoms with E-state index in [1.165, 1.54) is 0 Å². The fraction of sp³-hybridized carbons (Fsp3) is 0.562. The molecule has 0 atom stereocenters. The lowest BCUT2D eigenvalue weighted by molar-refractivity contribution is 0.0635. The van der Waals surface area contributed by atoms with Gasteiger partial charge in [0.1, 0.15) is 11.4 Å². The van der Waals surface area contributed by atoms with Crippen LogP contribution >= 0.6 is 0 Å². The van der Waals surface area contributed by atoms with Crippen LogP contribution in [0.4, 0.5) is 10.5 Å². The maximum Gasteiger partial charge on any atom is 0.412 e. The lowest BCUT2D eigenvalue weighted by Crippen LogP contribution is -2.27. The Morgan fingerprint density at radius 1 is 1.38 bits per heavy atom. The summed E-state index contributed by atoms with van der Waals surface area (Å²) in [5.41, 5.74) is 7.25. The highest BCUT2D eigenvalue weighted by molar-refractivity contribution is 5.87. The standard InChI is InChI=1S/C16H24N2O3/c1-15(2,3)21-14(19)18-12-6-5-11(9-13(12)20-4)10-16(17)7-8-16/h5-6,9H,7-8,10,17H2,1-4H3,(H,18,19). The maximum absolute atomic E-state index is 11.8. The van der Waals surface area contributed by atoms with Crippen molar-refractivity contribution in [2.24, 2.45) is 5.73 Å².